The van der Waals surface area contributed by atoms with Gasteiger partial charge in [-0.05, 0) is 55.6 Å². The quantitative estimate of drug-likeness (QED) is 0.816. The summed E-state index contributed by atoms with van der Waals surface area (Å²) in [6, 6.07) is 14.6. The highest BCUT2D eigenvalue weighted by Crippen LogP contribution is 2.21. The zero-order chi connectivity index (χ0) is 14.2. The molecule has 0 amide bonds. The maximum atomic E-state index is 5.96. The molecule has 1 N–H and O–H groups in total. The first-order valence-corrected chi connectivity index (χ1v) is 7.56. The van der Waals surface area contributed by atoms with Crippen molar-refractivity contribution in [2.75, 3.05) is 6.54 Å². The number of hydrogen-bond donors (Lipinski definition) is 1. The molecule has 0 saturated carbocycles. The first-order valence-electron chi connectivity index (χ1n) is 7.18. The van der Waals surface area contributed by atoms with Crippen LogP contribution in [0.15, 0.2) is 48.7 Å². The summed E-state index contributed by atoms with van der Waals surface area (Å²) in [5, 5.41) is 4.39. The molecule has 0 aliphatic carbocycles. The summed E-state index contributed by atoms with van der Waals surface area (Å²) in [7, 11) is 0. The maximum Gasteiger partial charge on any atom is 0.0406 e. The van der Waals surface area contributed by atoms with Crippen LogP contribution < -0.4 is 5.32 Å². The van der Waals surface area contributed by atoms with Gasteiger partial charge in [0.1, 0.15) is 0 Å². The Balaban J connectivity index is 2.01. The van der Waals surface area contributed by atoms with E-state index < -0.39 is 0 Å². The summed E-state index contributed by atoms with van der Waals surface area (Å²) < 4.78 is 0. The second kappa shape index (κ2) is 8.03. The summed E-state index contributed by atoms with van der Waals surface area (Å²) >= 11 is 5.96. The second-order valence-electron chi connectivity index (χ2n) is 4.92. The minimum atomic E-state index is 0.356. The van der Waals surface area contributed by atoms with Crippen LogP contribution in [0.3, 0.4) is 0 Å². The molecule has 1 heterocycles. The highest BCUT2D eigenvalue weighted by Gasteiger charge is 2.11. The standard InChI is InChI=1S/C17H21ClN2/c1-2-12-20-17(14-6-8-15(18)9-7-14)11-10-16-5-3-4-13-19-16/h3-9,13,17,20H,2,10-12H2,1H3. The van der Waals surface area contributed by atoms with E-state index in [9.17, 15) is 0 Å². The number of halogens is 1. The average Bonchev–Trinajstić information content (AvgIpc) is 2.50. The summed E-state index contributed by atoms with van der Waals surface area (Å²) in [6.45, 7) is 3.21. The Morgan fingerprint density at radius 2 is 1.95 bits per heavy atom. The van der Waals surface area contributed by atoms with E-state index in [1.807, 2.05) is 30.5 Å². The maximum absolute atomic E-state index is 5.96. The van der Waals surface area contributed by atoms with E-state index in [1.165, 1.54) is 5.56 Å². The number of nitrogens with one attached hydrogen (secondary N) is 1. The number of pyridine rings is 1. The van der Waals surface area contributed by atoms with Gasteiger partial charge in [-0.1, -0.05) is 36.7 Å². The fourth-order valence-corrected chi connectivity index (χ4v) is 2.36. The third kappa shape index (κ3) is 4.62. The Morgan fingerprint density at radius 1 is 1.15 bits per heavy atom. The van der Waals surface area contributed by atoms with Gasteiger partial charge in [0.05, 0.1) is 0 Å². The minimum Gasteiger partial charge on any atom is -0.310 e. The van der Waals surface area contributed by atoms with Gasteiger partial charge in [-0.15, -0.1) is 0 Å². The van der Waals surface area contributed by atoms with Crippen LogP contribution in [0.4, 0.5) is 0 Å². The SMILES string of the molecule is CCCNC(CCc1ccccn1)c1ccc(Cl)cc1. The Morgan fingerprint density at radius 3 is 2.60 bits per heavy atom. The molecule has 0 saturated heterocycles. The molecule has 106 valence electrons. The number of nitrogens with zero attached hydrogens (tertiary/aromatic N) is 1. The monoisotopic (exact) mass is 288 g/mol. The normalized spacial score (nSPS) is 12.3. The lowest BCUT2D eigenvalue weighted by atomic mass is 10.0. The molecule has 2 rings (SSSR count). The van der Waals surface area contributed by atoms with Crippen molar-refractivity contribution in [3.63, 3.8) is 0 Å². The minimum absolute atomic E-state index is 0.356. The topological polar surface area (TPSA) is 24.9 Å². The van der Waals surface area contributed by atoms with Crippen molar-refractivity contribution in [1.29, 1.82) is 0 Å². The molecule has 2 aromatic rings. The molecule has 0 radical (unpaired) electrons. The van der Waals surface area contributed by atoms with Gasteiger partial charge in [-0.25, -0.2) is 0 Å². The molecule has 0 aliphatic heterocycles. The molecule has 0 spiro atoms. The molecule has 1 aromatic carbocycles. The van der Waals surface area contributed by atoms with Gasteiger partial charge in [-0.2, -0.15) is 0 Å². The molecule has 1 unspecified atom stereocenters. The molecule has 0 aliphatic rings. The van der Waals surface area contributed by atoms with Gasteiger partial charge >= 0.3 is 0 Å². The van der Waals surface area contributed by atoms with Crippen LogP contribution in [0.5, 0.6) is 0 Å². The molecule has 1 atom stereocenters. The number of aryl methyl sites for hydroxylation is 1. The summed E-state index contributed by atoms with van der Waals surface area (Å²) in [6.07, 6.45) is 5.00. The predicted octanol–water partition coefficient (Wildman–Crippen LogP) is 4.41. The molecule has 3 heteroatoms. The lowest BCUT2D eigenvalue weighted by Gasteiger charge is -2.19. The number of rotatable bonds is 7. The van der Waals surface area contributed by atoms with E-state index in [0.29, 0.717) is 6.04 Å². The van der Waals surface area contributed by atoms with E-state index in [2.05, 4.69) is 35.4 Å². The highest BCUT2D eigenvalue weighted by molar-refractivity contribution is 6.30. The van der Waals surface area contributed by atoms with Crippen LogP contribution in [0, 0.1) is 0 Å². The van der Waals surface area contributed by atoms with Crippen molar-refractivity contribution in [1.82, 2.24) is 10.3 Å². The van der Waals surface area contributed by atoms with Gasteiger partial charge in [-0.3, -0.25) is 4.98 Å². The summed E-state index contributed by atoms with van der Waals surface area (Å²) in [5.74, 6) is 0. The third-order valence-corrected chi connectivity index (χ3v) is 3.58. The van der Waals surface area contributed by atoms with Gasteiger partial charge < -0.3 is 5.32 Å². The molecule has 0 bridgehead atoms. The van der Waals surface area contributed by atoms with Gasteiger partial charge in [0.15, 0.2) is 0 Å². The largest absolute Gasteiger partial charge is 0.310 e. The fraction of sp³-hybridized carbons (Fsp3) is 0.353. The molecule has 0 fully saturated rings. The van der Waals surface area contributed by atoms with Gasteiger partial charge in [0, 0.05) is 23.0 Å². The molecule has 20 heavy (non-hydrogen) atoms. The first kappa shape index (κ1) is 15.0. The van der Waals surface area contributed by atoms with Crippen molar-refractivity contribution in [3.05, 3.63) is 64.9 Å². The van der Waals surface area contributed by atoms with Crippen LogP contribution >= 0.6 is 11.6 Å². The third-order valence-electron chi connectivity index (χ3n) is 3.33. The highest BCUT2D eigenvalue weighted by atomic mass is 35.5. The van der Waals surface area contributed by atoms with Gasteiger partial charge in [0.2, 0.25) is 0 Å². The smallest absolute Gasteiger partial charge is 0.0406 e. The Kier molecular flexibility index (Phi) is 6.03. The van der Waals surface area contributed by atoms with E-state index in [4.69, 9.17) is 11.6 Å². The van der Waals surface area contributed by atoms with Crippen molar-refractivity contribution >= 4 is 11.6 Å². The Labute approximate surface area is 126 Å². The van der Waals surface area contributed by atoms with E-state index >= 15 is 0 Å². The van der Waals surface area contributed by atoms with Crippen molar-refractivity contribution in [2.45, 2.75) is 32.2 Å². The number of benzene rings is 1. The lowest BCUT2D eigenvalue weighted by molar-refractivity contribution is 0.497. The summed E-state index contributed by atoms with van der Waals surface area (Å²) in [4.78, 5) is 4.39. The number of hydrogen-bond acceptors (Lipinski definition) is 2. The van der Waals surface area contributed by atoms with Crippen LogP contribution in [0.2, 0.25) is 5.02 Å². The zero-order valence-electron chi connectivity index (χ0n) is 11.8. The van der Waals surface area contributed by atoms with Crippen LogP contribution in [0.1, 0.15) is 37.1 Å². The Bertz CT molecular complexity index is 496. The Hall–Kier alpha value is -1.38. The van der Waals surface area contributed by atoms with Crippen molar-refractivity contribution in [3.8, 4) is 0 Å². The van der Waals surface area contributed by atoms with Gasteiger partial charge in [0.25, 0.3) is 0 Å². The molecular formula is C17H21ClN2. The predicted molar refractivity (Wildman–Crippen MR) is 85.0 cm³/mol. The summed E-state index contributed by atoms with van der Waals surface area (Å²) in [5.41, 5.74) is 2.43. The molecule has 2 nitrogen and oxygen atoms in total. The number of aromatic nitrogens is 1. The molecule has 1 aromatic heterocycles. The van der Waals surface area contributed by atoms with Crippen molar-refractivity contribution in [2.24, 2.45) is 0 Å². The first-order chi connectivity index (χ1) is 9.79. The van der Waals surface area contributed by atoms with Crippen LogP contribution in [-0.2, 0) is 6.42 Å². The van der Waals surface area contributed by atoms with Crippen LogP contribution in [-0.4, -0.2) is 11.5 Å². The fourth-order valence-electron chi connectivity index (χ4n) is 2.24. The zero-order valence-corrected chi connectivity index (χ0v) is 12.6. The van der Waals surface area contributed by atoms with E-state index in [1.54, 1.807) is 0 Å². The van der Waals surface area contributed by atoms with Crippen molar-refractivity contribution < 1.29 is 0 Å². The van der Waals surface area contributed by atoms with E-state index in [-0.39, 0.29) is 0 Å². The van der Waals surface area contributed by atoms with Crippen LogP contribution in [0.25, 0.3) is 0 Å². The lowest BCUT2D eigenvalue weighted by Crippen LogP contribution is -2.22. The average molecular weight is 289 g/mol. The molecular weight excluding hydrogens is 268 g/mol. The second-order valence-corrected chi connectivity index (χ2v) is 5.35. The van der Waals surface area contributed by atoms with E-state index in [0.717, 1.165) is 36.5 Å².